The van der Waals surface area contributed by atoms with E-state index in [1.165, 1.54) is 0 Å². The lowest BCUT2D eigenvalue weighted by Crippen LogP contribution is -2.39. The highest BCUT2D eigenvalue weighted by atomic mass is 16.6. The number of benzene rings is 1. The minimum atomic E-state index is -0.686. The molecule has 7 heteroatoms. The minimum Gasteiger partial charge on any atom is -0.459 e. The number of ether oxygens (including phenoxy) is 1. The topological polar surface area (TPSA) is 91.5 Å². The summed E-state index contributed by atoms with van der Waals surface area (Å²) in [7, 11) is 0. The van der Waals surface area contributed by atoms with Crippen molar-refractivity contribution in [2.75, 3.05) is 6.54 Å². The molecule has 25 heavy (non-hydrogen) atoms. The summed E-state index contributed by atoms with van der Waals surface area (Å²) in [5.41, 5.74) is 1.24. The lowest BCUT2D eigenvalue weighted by atomic mass is 10.1. The van der Waals surface area contributed by atoms with Gasteiger partial charge in [-0.25, -0.2) is 4.79 Å². The number of hydrogen-bond donors (Lipinski definition) is 2. The van der Waals surface area contributed by atoms with E-state index in [2.05, 4.69) is 10.3 Å². The molecule has 1 aliphatic heterocycles. The Kier molecular flexibility index (Phi) is 4.24. The first-order valence-corrected chi connectivity index (χ1v) is 8.13. The number of carbonyl (C=O) groups excluding carboxylic acids is 3. The second-order valence-electron chi connectivity index (χ2n) is 7.08. The highest BCUT2D eigenvalue weighted by Gasteiger charge is 2.39. The molecule has 2 N–H and O–H groups in total. The van der Waals surface area contributed by atoms with Gasteiger partial charge in [0.15, 0.2) is 0 Å². The van der Waals surface area contributed by atoms with Crippen LogP contribution in [0.5, 0.6) is 0 Å². The monoisotopic (exact) mass is 343 g/mol. The second-order valence-corrected chi connectivity index (χ2v) is 7.08. The number of nitrogens with zero attached hydrogens (tertiary/aromatic N) is 1. The molecule has 0 saturated carbocycles. The van der Waals surface area contributed by atoms with Crippen molar-refractivity contribution < 1.29 is 19.1 Å². The first-order chi connectivity index (χ1) is 11.7. The number of esters is 1. The zero-order valence-electron chi connectivity index (χ0n) is 14.5. The maximum absolute atomic E-state index is 12.5. The van der Waals surface area contributed by atoms with Crippen molar-refractivity contribution >= 4 is 28.8 Å². The smallest absolute Gasteiger partial charge is 0.326 e. The largest absolute Gasteiger partial charge is 0.459 e. The van der Waals surface area contributed by atoms with E-state index in [0.717, 1.165) is 21.4 Å². The molecule has 1 atom stereocenters. The van der Waals surface area contributed by atoms with E-state index >= 15 is 0 Å². The number of urea groups is 1. The Bertz CT molecular complexity index is 834. The Balaban J connectivity index is 1.70. The fourth-order valence-electron chi connectivity index (χ4n) is 2.89. The summed E-state index contributed by atoms with van der Waals surface area (Å²) in [6.07, 6.45) is 2.19. The van der Waals surface area contributed by atoms with Crippen molar-refractivity contribution in [2.45, 2.75) is 38.8 Å². The van der Waals surface area contributed by atoms with Crippen LogP contribution in [-0.4, -0.2) is 46.0 Å². The number of amides is 3. The first kappa shape index (κ1) is 17.0. The van der Waals surface area contributed by atoms with E-state index in [-0.39, 0.29) is 6.54 Å². The maximum atomic E-state index is 12.5. The Morgan fingerprint density at radius 3 is 2.68 bits per heavy atom. The molecule has 0 spiro atoms. The SMILES string of the molecule is CC(C)(C)OC(=O)CN1C(=O)N[C@H](Cc2c[nH]c3ccccc23)C1=O. The van der Waals surface area contributed by atoms with Crippen molar-refractivity contribution in [1.29, 1.82) is 0 Å². The standard InChI is InChI=1S/C18H21N3O4/c1-18(2,3)25-15(22)10-21-16(23)14(20-17(21)24)8-11-9-19-13-7-5-4-6-12(11)13/h4-7,9,14,19H,8,10H2,1-3H3,(H,20,24)/t14-/m1/s1. The number of nitrogens with one attached hydrogen (secondary N) is 2. The predicted molar refractivity (Wildman–Crippen MR) is 91.9 cm³/mol. The third kappa shape index (κ3) is 3.65. The summed E-state index contributed by atoms with van der Waals surface area (Å²) in [6, 6.07) is 6.50. The van der Waals surface area contributed by atoms with Crippen LogP contribution in [0.1, 0.15) is 26.3 Å². The third-order valence-corrected chi connectivity index (χ3v) is 3.91. The molecule has 2 aromatic rings. The molecular formula is C18H21N3O4. The Labute approximate surface area is 145 Å². The molecule has 1 aromatic carbocycles. The molecule has 2 heterocycles. The molecule has 0 unspecified atom stereocenters. The van der Waals surface area contributed by atoms with Crippen molar-refractivity contribution in [1.82, 2.24) is 15.2 Å². The molecule has 3 rings (SSSR count). The van der Waals surface area contributed by atoms with Crippen LogP contribution in [0.25, 0.3) is 10.9 Å². The number of aromatic nitrogens is 1. The van der Waals surface area contributed by atoms with Gasteiger partial charge in [0.2, 0.25) is 0 Å². The number of imide groups is 1. The first-order valence-electron chi connectivity index (χ1n) is 8.13. The Morgan fingerprint density at radius 1 is 1.24 bits per heavy atom. The maximum Gasteiger partial charge on any atom is 0.326 e. The summed E-state index contributed by atoms with van der Waals surface area (Å²) >= 11 is 0. The van der Waals surface area contributed by atoms with Crippen LogP contribution in [0.15, 0.2) is 30.5 Å². The summed E-state index contributed by atoms with van der Waals surface area (Å²) in [5, 5.41) is 3.65. The van der Waals surface area contributed by atoms with Crippen LogP contribution in [-0.2, 0) is 20.7 Å². The van der Waals surface area contributed by atoms with Gasteiger partial charge in [-0.2, -0.15) is 0 Å². The van der Waals surface area contributed by atoms with Gasteiger partial charge in [-0.3, -0.25) is 14.5 Å². The van der Waals surface area contributed by atoms with Gasteiger partial charge in [-0.15, -0.1) is 0 Å². The number of hydrogen-bond acceptors (Lipinski definition) is 4. The molecule has 1 aliphatic rings. The summed E-state index contributed by atoms with van der Waals surface area (Å²) < 4.78 is 5.18. The second kappa shape index (κ2) is 6.23. The number of para-hydroxylation sites is 1. The number of H-pyrrole nitrogens is 1. The van der Waals surface area contributed by atoms with E-state index in [1.807, 2.05) is 30.5 Å². The van der Waals surface area contributed by atoms with Crippen LogP contribution in [0, 0.1) is 0 Å². The predicted octanol–water partition coefficient (Wildman–Crippen LogP) is 1.97. The normalized spacial score (nSPS) is 17.9. The molecule has 1 saturated heterocycles. The molecular weight excluding hydrogens is 322 g/mol. The average Bonchev–Trinajstić information content (AvgIpc) is 3.03. The average molecular weight is 343 g/mol. The molecule has 1 aromatic heterocycles. The highest BCUT2D eigenvalue weighted by Crippen LogP contribution is 2.21. The molecule has 7 nitrogen and oxygen atoms in total. The van der Waals surface area contributed by atoms with Gasteiger partial charge in [-0.1, -0.05) is 18.2 Å². The van der Waals surface area contributed by atoms with E-state index in [9.17, 15) is 14.4 Å². The van der Waals surface area contributed by atoms with Crippen LogP contribution < -0.4 is 5.32 Å². The fourth-order valence-corrected chi connectivity index (χ4v) is 2.89. The lowest BCUT2D eigenvalue weighted by molar-refractivity contribution is -0.157. The van der Waals surface area contributed by atoms with E-state index in [1.54, 1.807) is 20.8 Å². The lowest BCUT2D eigenvalue weighted by Gasteiger charge is -2.21. The zero-order chi connectivity index (χ0) is 18.2. The number of carbonyl (C=O) groups is 3. The van der Waals surface area contributed by atoms with Gasteiger partial charge >= 0.3 is 12.0 Å². The number of aromatic amines is 1. The van der Waals surface area contributed by atoms with Crippen molar-refractivity contribution in [3.63, 3.8) is 0 Å². The molecule has 0 aliphatic carbocycles. The van der Waals surface area contributed by atoms with Gasteiger partial charge < -0.3 is 15.0 Å². The van der Waals surface area contributed by atoms with E-state index < -0.39 is 29.6 Å². The summed E-state index contributed by atoms with van der Waals surface area (Å²) in [6.45, 7) is 4.82. The number of fused-ring (bicyclic) bond motifs is 1. The Hall–Kier alpha value is -2.83. The van der Waals surface area contributed by atoms with Crippen molar-refractivity contribution in [2.24, 2.45) is 0 Å². The molecule has 132 valence electrons. The minimum absolute atomic E-state index is 0.361. The van der Waals surface area contributed by atoms with E-state index in [0.29, 0.717) is 6.42 Å². The van der Waals surface area contributed by atoms with Gasteiger partial charge in [-0.05, 0) is 32.4 Å². The highest BCUT2D eigenvalue weighted by molar-refractivity contribution is 6.06. The summed E-state index contributed by atoms with van der Waals surface area (Å²) in [5.74, 6) is -1.02. The van der Waals surface area contributed by atoms with Crippen LogP contribution >= 0.6 is 0 Å². The molecule has 0 bridgehead atoms. The third-order valence-electron chi connectivity index (χ3n) is 3.91. The van der Waals surface area contributed by atoms with Gasteiger partial charge in [0.1, 0.15) is 18.2 Å². The zero-order valence-corrected chi connectivity index (χ0v) is 14.5. The van der Waals surface area contributed by atoms with Crippen LogP contribution in [0.4, 0.5) is 4.79 Å². The molecule has 3 amide bonds. The van der Waals surface area contributed by atoms with E-state index in [4.69, 9.17) is 4.74 Å². The summed E-state index contributed by atoms with van der Waals surface area (Å²) in [4.78, 5) is 40.5. The fraction of sp³-hybridized carbons (Fsp3) is 0.389. The van der Waals surface area contributed by atoms with Crippen molar-refractivity contribution in [3.05, 3.63) is 36.0 Å². The van der Waals surface area contributed by atoms with Crippen molar-refractivity contribution in [3.8, 4) is 0 Å². The van der Waals surface area contributed by atoms with Gasteiger partial charge in [0.05, 0.1) is 0 Å². The van der Waals surface area contributed by atoms with Gasteiger partial charge in [0.25, 0.3) is 5.91 Å². The molecule has 0 radical (unpaired) electrons. The van der Waals surface area contributed by atoms with Gasteiger partial charge in [0, 0.05) is 23.5 Å². The molecule has 1 fully saturated rings. The van der Waals surface area contributed by atoms with Crippen LogP contribution in [0.2, 0.25) is 0 Å². The quantitative estimate of drug-likeness (QED) is 0.656. The number of rotatable bonds is 4. The van der Waals surface area contributed by atoms with Crippen LogP contribution in [0.3, 0.4) is 0 Å². The Morgan fingerprint density at radius 2 is 1.96 bits per heavy atom.